The Morgan fingerprint density at radius 2 is 2.10 bits per heavy atom. The lowest BCUT2D eigenvalue weighted by Crippen LogP contribution is -2.56. The number of benzene rings is 1. The van der Waals surface area contributed by atoms with Crippen LogP contribution in [-0.4, -0.2) is 62.1 Å². The van der Waals surface area contributed by atoms with Gasteiger partial charge in [0.2, 0.25) is 0 Å². The number of nitrogens with zero attached hydrogens (tertiary/aromatic N) is 1. The van der Waals surface area contributed by atoms with E-state index >= 15 is 0 Å². The van der Waals surface area contributed by atoms with Gasteiger partial charge in [0.15, 0.2) is 0 Å². The quantitative estimate of drug-likeness (QED) is 0.726. The highest BCUT2D eigenvalue weighted by atomic mass is 32.2. The molecule has 2 unspecified atom stereocenters. The second kappa shape index (κ2) is 8.00. The van der Waals surface area contributed by atoms with Gasteiger partial charge in [0, 0.05) is 23.6 Å². The summed E-state index contributed by atoms with van der Waals surface area (Å²) in [4.78, 5) is 15.9. The Kier molecular flexibility index (Phi) is 5.74. The number of carbonyl (C=O) groups excluding carboxylic acids is 1. The van der Waals surface area contributed by atoms with E-state index in [1.807, 2.05) is 0 Å². The molecule has 1 aromatic carbocycles. The van der Waals surface area contributed by atoms with Gasteiger partial charge in [0.25, 0.3) is 5.91 Å². The molecule has 4 atom stereocenters. The Hall–Kier alpha value is -1.45. The summed E-state index contributed by atoms with van der Waals surface area (Å²) in [5.41, 5.74) is -0.686. The van der Waals surface area contributed by atoms with E-state index in [-0.39, 0.29) is 28.3 Å². The van der Waals surface area contributed by atoms with Gasteiger partial charge in [-0.3, -0.25) is 9.69 Å². The van der Waals surface area contributed by atoms with Crippen LogP contribution >= 0.6 is 11.8 Å². The molecule has 3 fully saturated rings. The lowest BCUT2D eigenvalue weighted by atomic mass is 10.0. The van der Waals surface area contributed by atoms with E-state index < -0.39 is 17.6 Å². The number of methoxy groups -OCH3 is 1. The number of alkyl halides is 3. The van der Waals surface area contributed by atoms with Gasteiger partial charge in [-0.25, -0.2) is 0 Å². The van der Waals surface area contributed by atoms with Crippen molar-refractivity contribution in [1.29, 1.82) is 0 Å². The monoisotopic (exact) mass is 430 g/mol. The van der Waals surface area contributed by atoms with Gasteiger partial charge in [-0.2, -0.15) is 13.2 Å². The number of carbonyl (C=O) groups is 1. The van der Waals surface area contributed by atoms with Crippen molar-refractivity contribution in [3.63, 3.8) is 0 Å². The molecule has 0 spiro atoms. The predicted molar refractivity (Wildman–Crippen MR) is 103 cm³/mol. The molecule has 9 heteroatoms. The molecule has 1 saturated carbocycles. The molecule has 3 aliphatic rings. The molecule has 2 heterocycles. The van der Waals surface area contributed by atoms with Crippen molar-refractivity contribution in [2.45, 2.75) is 48.5 Å². The van der Waals surface area contributed by atoms with E-state index in [0.29, 0.717) is 19.3 Å². The maximum Gasteiger partial charge on any atom is 0.416 e. The van der Waals surface area contributed by atoms with Crippen molar-refractivity contribution in [2.24, 2.45) is 5.92 Å². The Bertz CT molecular complexity index is 764. The summed E-state index contributed by atoms with van der Waals surface area (Å²) in [6.07, 6.45) is 0.405. The first-order valence-corrected chi connectivity index (χ1v) is 11.0. The largest absolute Gasteiger partial charge is 0.496 e. The summed E-state index contributed by atoms with van der Waals surface area (Å²) < 4.78 is 50.4. The van der Waals surface area contributed by atoms with E-state index in [9.17, 15) is 18.0 Å². The fourth-order valence-corrected chi connectivity index (χ4v) is 5.28. The van der Waals surface area contributed by atoms with E-state index in [0.717, 1.165) is 42.8 Å². The first kappa shape index (κ1) is 20.8. The minimum Gasteiger partial charge on any atom is -0.496 e. The van der Waals surface area contributed by atoms with Crippen LogP contribution in [0.1, 0.15) is 35.2 Å². The van der Waals surface area contributed by atoms with Gasteiger partial charge in [-0.15, -0.1) is 11.8 Å². The minimum absolute atomic E-state index is 0.0709. The highest BCUT2D eigenvalue weighted by Crippen LogP contribution is 2.46. The number of piperidine rings is 1. The number of nitrogens with one attached hydrogen (secondary N) is 1. The Morgan fingerprint density at radius 3 is 2.69 bits per heavy atom. The average Bonchev–Trinajstić information content (AvgIpc) is 3.36. The molecule has 1 amide bonds. The maximum atomic E-state index is 13.2. The summed E-state index contributed by atoms with van der Waals surface area (Å²) in [5, 5.41) is 3.03. The number of ether oxygens (including phenoxy) is 2. The van der Waals surface area contributed by atoms with Gasteiger partial charge in [0.05, 0.1) is 30.9 Å². The molecule has 1 N–H and O–H groups in total. The van der Waals surface area contributed by atoms with Crippen LogP contribution in [0.4, 0.5) is 13.2 Å². The van der Waals surface area contributed by atoms with E-state index in [1.54, 1.807) is 6.26 Å². The van der Waals surface area contributed by atoms with Crippen molar-refractivity contribution in [1.82, 2.24) is 10.2 Å². The normalized spacial score (nSPS) is 29.4. The van der Waals surface area contributed by atoms with Crippen LogP contribution in [0, 0.1) is 5.92 Å². The lowest BCUT2D eigenvalue weighted by molar-refractivity contribution is -0.137. The third-order valence-electron chi connectivity index (χ3n) is 6.19. The van der Waals surface area contributed by atoms with Gasteiger partial charge in [-0.05, 0) is 50.1 Å². The molecule has 2 aliphatic heterocycles. The van der Waals surface area contributed by atoms with Gasteiger partial charge in [0.1, 0.15) is 5.75 Å². The van der Waals surface area contributed by atoms with Crippen LogP contribution in [0.15, 0.2) is 17.0 Å². The summed E-state index contributed by atoms with van der Waals surface area (Å²) in [5.74, 6) is 0.289. The topological polar surface area (TPSA) is 50.8 Å². The first-order valence-electron chi connectivity index (χ1n) is 9.81. The van der Waals surface area contributed by atoms with Crippen LogP contribution in [0.3, 0.4) is 0 Å². The molecular weight excluding hydrogens is 405 g/mol. The molecule has 5 nitrogen and oxygen atoms in total. The fourth-order valence-electron chi connectivity index (χ4n) is 4.64. The van der Waals surface area contributed by atoms with Gasteiger partial charge >= 0.3 is 6.18 Å². The third kappa shape index (κ3) is 4.09. The summed E-state index contributed by atoms with van der Waals surface area (Å²) in [7, 11) is 1.28. The Balaban J connectivity index is 1.58. The van der Waals surface area contributed by atoms with Crippen molar-refractivity contribution in [3.05, 3.63) is 23.3 Å². The molecule has 1 aromatic rings. The molecule has 29 heavy (non-hydrogen) atoms. The lowest BCUT2D eigenvalue weighted by Gasteiger charge is -2.39. The number of hydrogen-bond donors (Lipinski definition) is 1. The van der Waals surface area contributed by atoms with Crippen molar-refractivity contribution in [3.8, 4) is 5.75 Å². The summed E-state index contributed by atoms with van der Waals surface area (Å²) in [6, 6.07) is 2.51. The molecule has 160 valence electrons. The standard InChI is InChI=1S/C20H25F3N2O3S/c1-27-16-8-12(20(21,22)23)9-17(29-2)18(16)19(26)24-13-10-28-6-4-14(13)25-5-3-11-7-15(11)25/h8-9,11,13-15H,3-7,10H2,1-2H3,(H,24,26)/t11?,13-,14-,15?/m1/s1. The van der Waals surface area contributed by atoms with Crippen LogP contribution in [-0.2, 0) is 10.9 Å². The molecule has 4 rings (SSSR count). The van der Waals surface area contributed by atoms with Crippen molar-refractivity contribution < 1.29 is 27.4 Å². The number of rotatable bonds is 5. The van der Waals surface area contributed by atoms with Crippen molar-refractivity contribution in [2.75, 3.05) is 33.1 Å². The highest BCUT2D eigenvalue weighted by Gasteiger charge is 2.50. The van der Waals surface area contributed by atoms with Crippen molar-refractivity contribution >= 4 is 17.7 Å². The zero-order chi connectivity index (χ0) is 20.8. The third-order valence-corrected chi connectivity index (χ3v) is 6.95. The summed E-state index contributed by atoms with van der Waals surface area (Å²) >= 11 is 1.10. The number of fused-ring (bicyclic) bond motifs is 1. The second-order valence-corrected chi connectivity index (χ2v) is 8.70. The summed E-state index contributed by atoms with van der Waals surface area (Å²) in [6.45, 7) is 2.10. The maximum absolute atomic E-state index is 13.2. The van der Waals surface area contributed by atoms with Crippen LogP contribution in [0.5, 0.6) is 5.75 Å². The van der Waals surface area contributed by atoms with E-state index in [2.05, 4.69) is 10.2 Å². The molecule has 0 bridgehead atoms. The van der Waals surface area contributed by atoms with Crippen LogP contribution in [0.25, 0.3) is 0 Å². The van der Waals surface area contributed by atoms with Crippen LogP contribution < -0.4 is 10.1 Å². The minimum atomic E-state index is -4.51. The SMILES string of the molecule is COc1cc(C(F)(F)F)cc(SC)c1C(=O)N[C@@H]1COCC[C@H]1N1CCC2CC21. The smallest absolute Gasteiger partial charge is 0.416 e. The van der Waals surface area contributed by atoms with E-state index in [4.69, 9.17) is 9.47 Å². The van der Waals surface area contributed by atoms with E-state index in [1.165, 1.54) is 20.0 Å². The number of hydrogen-bond acceptors (Lipinski definition) is 5. The van der Waals surface area contributed by atoms with Gasteiger partial charge < -0.3 is 14.8 Å². The molecule has 0 radical (unpaired) electrons. The number of likely N-dealkylation sites (tertiary alicyclic amines) is 1. The zero-order valence-corrected chi connectivity index (χ0v) is 17.2. The number of amides is 1. The Morgan fingerprint density at radius 1 is 1.31 bits per heavy atom. The molecule has 0 aromatic heterocycles. The van der Waals surface area contributed by atoms with Gasteiger partial charge in [-0.1, -0.05) is 0 Å². The fraction of sp³-hybridized carbons (Fsp3) is 0.650. The first-order chi connectivity index (χ1) is 13.8. The number of halogens is 3. The second-order valence-electron chi connectivity index (χ2n) is 7.85. The predicted octanol–water partition coefficient (Wildman–Crippen LogP) is 3.42. The van der Waals surface area contributed by atoms with Crippen LogP contribution in [0.2, 0.25) is 0 Å². The molecule has 1 aliphatic carbocycles. The molecular formula is C20H25F3N2O3S. The highest BCUT2D eigenvalue weighted by molar-refractivity contribution is 7.98. The Labute approximate surface area is 172 Å². The average molecular weight is 430 g/mol. The zero-order valence-electron chi connectivity index (χ0n) is 16.4. The number of thioether (sulfide) groups is 1. The molecule has 2 saturated heterocycles.